The topological polar surface area (TPSA) is 85.8 Å². The Balaban J connectivity index is 1.85. The van der Waals surface area contributed by atoms with Gasteiger partial charge in [-0.25, -0.2) is 4.79 Å². The van der Waals surface area contributed by atoms with Gasteiger partial charge in [-0.2, -0.15) is 0 Å². The molecule has 0 aliphatic rings. The second-order valence-electron chi connectivity index (χ2n) is 6.16. The molecule has 140 valence electrons. The average molecular weight is 368 g/mol. The number of amides is 1. The summed E-state index contributed by atoms with van der Waals surface area (Å²) in [5.74, 6) is 0.651. The van der Waals surface area contributed by atoms with Gasteiger partial charge >= 0.3 is 5.97 Å². The minimum atomic E-state index is -0.474. The van der Waals surface area contributed by atoms with Crippen molar-refractivity contribution in [3.8, 4) is 11.3 Å². The highest BCUT2D eigenvalue weighted by Gasteiger charge is 2.25. The van der Waals surface area contributed by atoms with Crippen molar-refractivity contribution < 1.29 is 23.3 Å². The molecule has 0 bridgehead atoms. The number of nitrogens with zero attached hydrogens (tertiary/aromatic N) is 2. The Morgan fingerprint density at radius 1 is 1.15 bits per heavy atom. The Morgan fingerprint density at radius 2 is 1.85 bits per heavy atom. The summed E-state index contributed by atoms with van der Waals surface area (Å²) in [4.78, 5) is 26.2. The molecular formula is C20H20N2O5. The summed E-state index contributed by atoms with van der Waals surface area (Å²) in [5, 5.41) is 4.04. The van der Waals surface area contributed by atoms with E-state index >= 15 is 0 Å². The number of esters is 1. The third-order valence-electron chi connectivity index (χ3n) is 4.24. The lowest BCUT2D eigenvalue weighted by molar-refractivity contribution is 0.0598. The summed E-state index contributed by atoms with van der Waals surface area (Å²) in [6.45, 7) is 3.57. The number of hydrogen-bond donors (Lipinski definition) is 0. The number of ether oxygens (including phenoxy) is 1. The molecule has 1 aromatic carbocycles. The first-order valence-corrected chi connectivity index (χ1v) is 8.37. The lowest BCUT2D eigenvalue weighted by atomic mass is 10.1. The van der Waals surface area contributed by atoms with Crippen LogP contribution in [0.1, 0.15) is 38.0 Å². The van der Waals surface area contributed by atoms with Gasteiger partial charge in [0.2, 0.25) is 0 Å². The third-order valence-corrected chi connectivity index (χ3v) is 4.24. The van der Waals surface area contributed by atoms with E-state index in [1.165, 1.54) is 12.0 Å². The Kier molecular flexibility index (Phi) is 5.12. The first kappa shape index (κ1) is 18.4. The van der Waals surface area contributed by atoms with Crippen molar-refractivity contribution in [1.29, 1.82) is 0 Å². The molecule has 3 rings (SSSR count). The second kappa shape index (κ2) is 7.49. The van der Waals surface area contributed by atoms with Gasteiger partial charge in [0, 0.05) is 12.6 Å². The van der Waals surface area contributed by atoms with Crippen LogP contribution >= 0.6 is 0 Å². The van der Waals surface area contributed by atoms with Gasteiger partial charge in [-0.15, -0.1) is 0 Å². The van der Waals surface area contributed by atoms with Crippen molar-refractivity contribution in [2.75, 3.05) is 14.2 Å². The number of carbonyl (C=O) groups is 2. The lowest BCUT2D eigenvalue weighted by Crippen LogP contribution is -2.26. The first-order valence-electron chi connectivity index (χ1n) is 8.37. The molecule has 0 fully saturated rings. The maximum absolute atomic E-state index is 13.0. The monoisotopic (exact) mass is 368 g/mol. The van der Waals surface area contributed by atoms with Gasteiger partial charge in [-0.05, 0) is 19.9 Å². The highest BCUT2D eigenvalue weighted by Crippen LogP contribution is 2.27. The highest BCUT2D eigenvalue weighted by molar-refractivity contribution is 6.00. The zero-order valence-corrected chi connectivity index (χ0v) is 15.6. The van der Waals surface area contributed by atoms with Crippen LogP contribution in [0, 0.1) is 13.8 Å². The number of furan rings is 1. The van der Waals surface area contributed by atoms with E-state index in [-0.39, 0.29) is 12.5 Å². The molecule has 3 aromatic rings. The maximum Gasteiger partial charge on any atom is 0.341 e. The second-order valence-corrected chi connectivity index (χ2v) is 6.16. The Hall–Kier alpha value is -3.35. The van der Waals surface area contributed by atoms with Gasteiger partial charge in [0.1, 0.15) is 34.1 Å². The van der Waals surface area contributed by atoms with Gasteiger partial charge in [-0.1, -0.05) is 35.5 Å². The third kappa shape index (κ3) is 3.62. The molecule has 2 aromatic heterocycles. The maximum atomic E-state index is 13.0. The van der Waals surface area contributed by atoms with Crippen molar-refractivity contribution in [3.63, 3.8) is 0 Å². The number of aryl methyl sites for hydroxylation is 2. The van der Waals surface area contributed by atoms with E-state index in [0.29, 0.717) is 34.1 Å². The van der Waals surface area contributed by atoms with Crippen LogP contribution in [0.5, 0.6) is 0 Å². The zero-order chi connectivity index (χ0) is 19.6. The lowest BCUT2D eigenvalue weighted by Gasteiger charge is -2.15. The molecule has 27 heavy (non-hydrogen) atoms. The minimum Gasteiger partial charge on any atom is -0.465 e. The number of hydrogen-bond acceptors (Lipinski definition) is 6. The predicted octanol–water partition coefficient (Wildman–Crippen LogP) is 3.61. The van der Waals surface area contributed by atoms with E-state index in [4.69, 9.17) is 13.7 Å². The van der Waals surface area contributed by atoms with Crippen molar-refractivity contribution in [3.05, 3.63) is 64.8 Å². The van der Waals surface area contributed by atoms with Gasteiger partial charge < -0.3 is 18.6 Å². The summed E-state index contributed by atoms with van der Waals surface area (Å²) >= 11 is 0. The van der Waals surface area contributed by atoms with E-state index in [0.717, 1.165) is 5.56 Å². The quantitative estimate of drug-likeness (QED) is 0.640. The van der Waals surface area contributed by atoms with Gasteiger partial charge in [0.15, 0.2) is 0 Å². The van der Waals surface area contributed by atoms with Gasteiger partial charge in [-0.3, -0.25) is 4.79 Å². The molecule has 7 heteroatoms. The summed E-state index contributed by atoms with van der Waals surface area (Å²) < 4.78 is 15.6. The number of methoxy groups -OCH3 is 1. The van der Waals surface area contributed by atoms with Crippen LogP contribution in [0.2, 0.25) is 0 Å². The molecule has 7 nitrogen and oxygen atoms in total. The molecule has 0 aliphatic carbocycles. The summed E-state index contributed by atoms with van der Waals surface area (Å²) in [7, 11) is 2.96. The van der Waals surface area contributed by atoms with Gasteiger partial charge in [0.25, 0.3) is 5.91 Å². The van der Waals surface area contributed by atoms with E-state index < -0.39 is 5.97 Å². The molecule has 0 saturated carbocycles. The van der Waals surface area contributed by atoms with Crippen LogP contribution in [0.15, 0.2) is 45.3 Å². The predicted molar refractivity (Wildman–Crippen MR) is 97.3 cm³/mol. The van der Waals surface area contributed by atoms with Crippen molar-refractivity contribution in [1.82, 2.24) is 10.1 Å². The number of rotatable bonds is 5. The Bertz CT molecular complexity index is 972. The number of carbonyl (C=O) groups excluding carboxylic acids is 2. The van der Waals surface area contributed by atoms with Crippen LogP contribution in [-0.2, 0) is 11.3 Å². The molecule has 0 saturated heterocycles. The molecule has 1 amide bonds. The molecule has 0 N–H and O–H groups in total. The van der Waals surface area contributed by atoms with E-state index in [2.05, 4.69) is 5.16 Å². The van der Waals surface area contributed by atoms with E-state index in [1.54, 1.807) is 27.0 Å². The molecule has 0 aliphatic heterocycles. The van der Waals surface area contributed by atoms with Crippen molar-refractivity contribution >= 4 is 11.9 Å². The summed E-state index contributed by atoms with van der Waals surface area (Å²) in [6, 6.07) is 11.0. The van der Waals surface area contributed by atoms with Crippen molar-refractivity contribution in [2.45, 2.75) is 20.4 Å². The standard InChI is InChI=1S/C20H20N2O5/c1-12-16(20(24)25-4)10-15(26-12)11-22(3)19(23)17-13(2)27-21-18(17)14-8-6-5-7-9-14/h5-10H,11H2,1-4H3. The Labute approximate surface area is 156 Å². The molecular weight excluding hydrogens is 348 g/mol. The smallest absolute Gasteiger partial charge is 0.341 e. The first-order chi connectivity index (χ1) is 12.9. The molecule has 0 spiro atoms. The molecule has 0 unspecified atom stereocenters. The van der Waals surface area contributed by atoms with Crippen LogP contribution < -0.4 is 0 Å². The zero-order valence-electron chi connectivity index (χ0n) is 15.6. The fraction of sp³-hybridized carbons (Fsp3) is 0.250. The number of benzene rings is 1. The SMILES string of the molecule is COC(=O)c1cc(CN(C)C(=O)c2c(-c3ccccc3)noc2C)oc1C. The molecule has 2 heterocycles. The van der Waals surface area contributed by atoms with Crippen LogP contribution in [-0.4, -0.2) is 36.1 Å². The van der Waals surface area contributed by atoms with Gasteiger partial charge in [0.05, 0.1) is 13.7 Å². The van der Waals surface area contributed by atoms with Crippen LogP contribution in [0.4, 0.5) is 0 Å². The molecule has 0 atom stereocenters. The minimum absolute atomic E-state index is 0.190. The normalized spacial score (nSPS) is 10.7. The average Bonchev–Trinajstić information content (AvgIpc) is 3.23. The Morgan fingerprint density at radius 3 is 2.52 bits per heavy atom. The summed E-state index contributed by atoms with van der Waals surface area (Å²) in [5.41, 5.74) is 2.04. The summed E-state index contributed by atoms with van der Waals surface area (Å²) in [6.07, 6.45) is 0. The fourth-order valence-electron chi connectivity index (χ4n) is 2.85. The molecule has 0 radical (unpaired) electrons. The number of aromatic nitrogens is 1. The fourth-order valence-corrected chi connectivity index (χ4v) is 2.85. The van der Waals surface area contributed by atoms with Crippen LogP contribution in [0.25, 0.3) is 11.3 Å². The van der Waals surface area contributed by atoms with Crippen LogP contribution in [0.3, 0.4) is 0 Å². The largest absolute Gasteiger partial charge is 0.465 e. The van der Waals surface area contributed by atoms with E-state index in [1.807, 2.05) is 30.3 Å². The highest BCUT2D eigenvalue weighted by atomic mass is 16.5. The van der Waals surface area contributed by atoms with Crippen molar-refractivity contribution in [2.24, 2.45) is 0 Å². The van der Waals surface area contributed by atoms with E-state index in [9.17, 15) is 9.59 Å².